The van der Waals surface area contributed by atoms with Crippen LogP contribution in [0.25, 0.3) is 0 Å². The average Bonchev–Trinajstić information content (AvgIpc) is 2.55. The van der Waals surface area contributed by atoms with Gasteiger partial charge in [-0.2, -0.15) is 0 Å². The first-order valence-corrected chi connectivity index (χ1v) is 4.78. The van der Waals surface area contributed by atoms with Crippen molar-refractivity contribution in [3.05, 3.63) is 34.9 Å². The lowest BCUT2D eigenvalue weighted by Gasteiger charge is -2.08. The van der Waals surface area contributed by atoms with E-state index in [1.165, 1.54) is 6.07 Å². The van der Waals surface area contributed by atoms with E-state index in [0.717, 1.165) is 6.07 Å². The molecular weight excluding hydrogens is 202 g/mol. The summed E-state index contributed by atoms with van der Waals surface area (Å²) in [5.41, 5.74) is 0.998. The van der Waals surface area contributed by atoms with E-state index in [0.29, 0.717) is 24.0 Å². The molecule has 0 fully saturated rings. The van der Waals surface area contributed by atoms with Crippen LogP contribution in [0.1, 0.15) is 29.9 Å². The number of rotatable bonds is 2. The van der Waals surface area contributed by atoms with Crippen LogP contribution in [0, 0.1) is 11.6 Å². The normalized spacial score (nSPS) is 18.9. The Morgan fingerprint density at radius 3 is 2.87 bits per heavy atom. The highest BCUT2D eigenvalue weighted by Crippen LogP contribution is 2.37. The second-order valence-corrected chi connectivity index (χ2v) is 3.76. The van der Waals surface area contributed by atoms with Gasteiger partial charge in [0.05, 0.1) is 6.42 Å². The zero-order valence-corrected chi connectivity index (χ0v) is 7.96. The molecule has 0 spiro atoms. The van der Waals surface area contributed by atoms with E-state index < -0.39 is 17.6 Å². The first-order valence-electron chi connectivity index (χ1n) is 4.78. The summed E-state index contributed by atoms with van der Waals surface area (Å²) in [6, 6.07) is 2.56. The molecule has 2 rings (SSSR count). The number of carboxylic acids is 1. The minimum atomic E-state index is -0.905. The molecule has 0 aliphatic heterocycles. The Balaban J connectivity index is 2.36. The lowest BCUT2D eigenvalue weighted by molar-refractivity contribution is -0.137. The SMILES string of the molecule is O=C(O)CC1CCc2c1ccc(F)c2F. The number of aliphatic carboxylic acids is 1. The van der Waals surface area contributed by atoms with Gasteiger partial charge in [-0.15, -0.1) is 0 Å². The minimum absolute atomic E-state index is 0.0158. The van der Waals surface area contributed by atoms with E-state index >= 15 is 0 Å². The van der Waals surface area contributed by atoms with Gasteiger partial charge in [-0.25, -0.2) is 8.78 Å². The van der Waals surface area contributed by atoms with Crippen LogP contribution in [0.3, 0.4) is 0 Å². The van der Waals surface area contributed by atoms with Crippen molar-refractivity contribution >= 4 is 5.97 Å². The van der Waals surface area contributed by atoms with E-state index in [9.17, 15) is 13.6 Å². The summed E-state index contributed by atoms with van der Waals surface area (Å²) in [7, 11) is 0. The van der Waals surface area contributed by atoms with E-state index in [2.05, 4.69) is 0 Å². The Hall–Kier alpha value is -1.45. The molecule has 15 heavy (non-hydrogen) atoms. The highest BCUT2D eigenvalue weighted by atomic mass is 19.2. The molecule has 2 nitrogen and oxygen atoms in total. The number of halogens is 2. The second-order valence-electron chi connectivity index (χ2n) is 3.76. The molecule has 1 aliphatic carbocycles. The van der Waals surface area contributed by atoms with E-state index in [-0.39, 0.29) is 12.3 Å². The molecule has 1 N–H and O–H groups in total. The first kappa shape index (κ1) is 10.1. The van der Waals surface area contributed by atoms with E-state index in [4.69, 9.17) is 5.11 Å². The average molecular weight is 212 g/mol. The molecule has 0 bridgehead atoms. The van der Waals surface area contributed by atoms with Crippen molar-refractivity contribution in [2.45, 2.75) is 25.2 Å². The number of benzene rings is 1. The van der Waals surface area contributed by atoms with Crippen LogP contribution in [-0.2, 0) is 11.2 Å². The molecule has 1 aromatic carbocycles. The van der Waals surface area contributed by atoms with Crippen molar-refractivity contribution in [1.82, 2.24) is 0 Å². The molecule has 0 saturated carbocycles. The van der Waals surface area contributed by atoms with Gasteiger partial charge in [0.15, 0.2) is 11.6 Å². The van der Waals surface area contributed by atoms with Gasteiger partial charge in [-0.1, -0.05) is 6.07 Å². The minimum Gasteiger partial charge on any atom is -0.481 e. The molecular formula is C11H10F2O2. The van der Waals surface area contributed by atoms with Crippen molar-refractivity contribution in [3.63, 3.8) is 0 Å². The summed E-state index contributed by atoms with van der Waals surface area (Å²) < 4.78 is 26.2. The van der Waals surface area contributed by atoms with Gasteiger partial charge in [-0.05, 0) is 36.0 Å². The maximum atomic E-state index is 13.3. The van der Waals surface area contributed by atoms with Gasteiger partial charge in [0.25, 0.3) is 0 Å². The van der Waals surface area contributed by atoms with Gasteiger partial charge >= 0.3 is 5.97 Å². The smallest absolute Gasteiger partial charge is 0.303 e. The van der Waals surface area contributed by atoms with Gasteiger partial charge in [-0.3, -0.25) is 4.79 Å². The third kappa shape index (κ3) is 1.71. The summed E-state index contributed by atoms with van der Waals surface area (Å²) in [6.45, 7) is 0. The zero-order valence-electron chi connectivity index (χ0n) is 7.96. The van der Waals surface area contributed by atoms with Crippen molar-refractivity contribution in [2.75, 3.05) is 0 Å². The molecule has 1 aliphatic rings. The number of hydrogen-bond donors (Lipinski definition) is 1. The van der Waals surface area contributed by atoms with Crippen LogP contribution in [0.15, 0.2) is 12.1 Å². The fraction of sp³-hybridized carbons (Fsp3) is 0.364. The number of carboxylic acid groups (broad SMARTS) is 1. The summed E-state index contributed by atoms with van der Waals surface area (Å²) in [6.07, 6.45) is 0.997. The molecule has 1 aromatic rings. The second kappa shape index (κ2) is 3.61. The van der Waals surface area contributed by atoms with Gasteiger partial charge in [0, 0.05) is 0 Å². The van der Waals surface area contributed by atoms with Crippen molar-refractivity contribution in [2.24, 2.45) is 0 Å². The molecule has 80 valence electrons. The first-order chi connectivity index (χ1) is 7.09. The predicted molar refractivity (Wildman–Crippen MR) is 49.7 cm³/mol. The largest absolute Gasteiger partial charge is 0.481 e. The number of fused-ring (bicyclic) bond motifs is 1. The topological polar surface area (TPSA) is 37.3 Å². The standard InChI is InChI=1S/C11H10F2O2/c12-9-4-3-7-6(5-10(14)15)1-2-8(7)11(9)13/h3-4,6H,1-2,5H2,(H,14,15). The molecule has 4 heteroatoms. The number of hydrogen-bond acceptors (Lipinski definition) is 1. The van der Waals surface area contributed by atoms with E-state index in [1.807, 2.05) is 0 Å². The predicted octanol–water partition coefficient (Wildman–Crippen LogP) is 2.47. The van der Waals surface area contributed by atoms with Crippen LogP contribution in [0.2, 0.25) is 0 Å². The molecule has 0 radical (unpaired) electrons. The highest BCUT2D eigenvalue weighted by molar-refractivity contribution is 5.68. The maximum Gasteiger partial charge on any atom is 0.303 e. The Morgan fingerprint density at radius 2 is 2.20 bits per heavy atom. The maximum absolute atomic E-state index is 13.3. The van der Waals surface area contributed by atoms with Crippen molar-refractivity contribution in [1.29, 1.82) is 0 Å². The molecule has 1 unspecified atom stereocenters. The molecule has 0 saturated heterocycles. The van der Waals surface area contributed by atoms with Crippen molar-refractivity contribution in [3.8, 4) is 0 Å². The van der Waals surface area contributed by atoms with Crippen LogP contribution in [0.5, 0.6) is 0 Å². The van der Waals surface area contributed by atoms with Crippen LogP contribution in [-0.4, -0.2) is 11.1 Å². The molecule has 1 atom stereocenters. The summed E-state index contributed by atoms with van der Waals surface area (Å²) in [5.74, 6) is -2.75. The Bertz CT molecular complexity index is 415. The summed E-state index contributed by atoms with van der Waals surface area (Å²) in [5, 5.41) is 8.66. The summed E-state index contributed by atoms with van der Waals surface area (Å²) in [4.78, 5) is 10.5. The van der Waals surface area contributed by atoms with Crippen LogP contribution >= 0.6 is 0 Å². The lowest BCUT2D eigenvalue weighted by Crippen LogP contribution is -2.03. The third-order valence-corrected chi connectivity index (χ3v) is 2.84. The van der Waals surface area contributed by atoms with Gasteiger partial charge in [0.2, 0.25) is 0 Å². The monoisotopic (exact) mass is 212 g/mol. The quantitative estimate of drug-likeness (QED) is 0.817. The lowest BCUT2D eigenvalue weighted by atomic mass is 9.98. The van der Waals surface area contributed by atoms with Gasteiger partial charge in [0.1, 0.15) is 0 Å². The fourth-order valence-electron chi connectivity index (χ4n) is 2.14. The van der Waals surface area contributed by atoms with E-state index in [1.54, 1.807) is 0 Å². The Kier molecular flexibility index (Phi) is 2.42. The highest BCUT2D eigenvalue weighted by Gasteiger charge is 2.28. The molecule has 0 amide bonds. The molecule has 0 aromatic heterocycles. The third-order valence-electron chi connectivity index (χ3n) is 2.84. The fourth-order valence-corrected chi connectivity index (χ4v) is 2.14. The molecule has 0 heterocycles. The van der Waals surface area contributed by atoms with Crippen molar-refractivity contribution < 1.29 is 18.7 Å². The number of carbonyl (C=O) groups is 1. The summed E-state index contributed by atoms with van der Waals surface area (Å²) >= 11 is 0. The zero-order chi connectivity index (χ0) is 11.0. The van der Waals surface area contributed by atoms with Crippen LogP contribution < -0.4 is 0 Å². The van der Waals surface area contributed by atoms with Gasteiger partial charge < -0.3 is 5.11 Å². The Labute approximate surface area is 85.5 Å². The van der Waals surface area contributed by atoms with Crippen LogP contribution in [0.4, 0.5) is 8.78 Å². The Morgan fingerprint density at radius 1 is 1.47 bits per heavy atom.